The molecule has 100 valence electrons. The fraction of sp³-hybridized carbons (Fsp3) is 0.231. The van der Waals surface area contributed by atoms with Gasteiger partial charge in [-0.25, -0.2) is 4.98 Å². The SMILES string of the molecule is C[C@@H](Cn1ccnc1)NC(=O)/C=C\c1csc(Br)c1. The van der Waals surface area contributed by atoms with Crippen molar-refractivity contribution in [3.8, 4) is 0 Å². The zero-order valence-electron chi connectivity index (χ0n) is 10.4. The van der Waals surface area contributed by atoms with Crippen molar-refractivity contribution >= 4 is 39.2 Å². The third kappa shape index (κ3) is 4.65. The minimum atomic E-state index is -0.0880. The van der Waals surface area contributed by atoms with Gasteiger partial charge < -0.3 is 9.88 Å². The van der Waals surface area contributed by atoms with Crippen molar-refractivity contribution in [2.24, 2.45) is 0 Å². The Balaban J connectivity index is 1.82. The van der Waals surface area contributed by atoms with Crippen molar-refractivity contribution in [2.45, 2.75) is 19.5 Å². The van der Waals surface area contributed by atoms with Gasteiger partial charge >= 0.3 is 0 Å². The van der Waals surface area contributed by atoms with E-state index in [1.807, 2.05) is 29.1 Å². The quantitative estimate of drug-likeness (QED) is 0.851. The van der Waals surface area contributed by atoms with Gasteiger partial charge in [-0.3, -0.25) is 4.79 Å². The van der Waals surface area contributed by atoms with Crippen molar-refractivity contribution in [2.75, 3.05) is 0 Å². The lowest BCUT2D eigenvalue weighted by Gasteiger charge is -2.12. The molecule has 2 heterocycles. The first kappa shape index (κ1) is 14.0. The number of carbonyl (C=O) groups is 1. The normalized spacial score (nSPS) is 12.7. The predicted molar refractivity (Wildman–Crippen MR) is 80.9 cm³/mol. The number of hydrogen-bond acceptors (Lipinski definition) is 3. The third-order valence-electron chi connectivity index (χ3n) is 2.45. The molecule has 0 unspecified atom stereocenters. The number of imidazole rings is 1. The number of carbonyl (C=O) groups excluding carboxylic acids is 1. The van der Waals surface area contributed by atoms with Crippen LogP contribution < -0.4 is 5.32 Å². The van der Waals surface area contributed by atoms with Gasteiger partial charge in [-0.05, 0) is 45.9 Å². The molecule has 19 heavy (non-hydrogen) atoms. The van der Waals surface area contributed by atoms with Crippen LogP contribution in [0.1, 0.15) is 12.5 Å². The van der Waals surface area contributed by atoms with Crippen LogP contribution in [-0.2, 0) is 11.3 Å². The second-order valence-electron chi connectivity index (χ2n) is 4.19. The number of halogens is 1. The van der Waals surface area contributed by atoms with Gasteiger partial charge in [-0.2, -0.15) is 0 Å². The predicted octanol–water partition coefficient (Wildman–Crippen LogP) is 2.93. The van der Waals surface area contributed by atoms with E-state index in [-0.39, 0.29) is 11.9 Å². The summed E-state index contributed by atoms with van der Waals surface area (Å²) in [5.41, 5.74) is 1.02. The molecule has 0 bridgehead atoms. The van der Waals surface area contributed by atoms with E-state index in [0.29, 0.717) is 6.54 Å². The highest BCUT2D eigenvalue weighted by molar-refractivity contribution is 9.11. The average Bonchev–Trinajstić information content (AvgIpc) is 2.98. The average molecular weight is 340 g/mol. The van der Waals surface area contributed by atoms with Gasteiger partial charge in [0, 0.05) is 31.1 Å². The van der Waals surface area contributed by atoms with Crippen molar-refractivity contribution in [1.82, 2.24) is 14.9 Å². The van der Waals surface area contributed by atoms with Crippen molar-refractivity contribution in [3.63, 3.8) is 0 Å². The Kier molecular flexibility index (Phi) is 4.93. The zero-order valence-corrected chi connectivity index (χ0v) is 12.8. The van der Waals surface area contributed by atoms with Gasteiger partial charge in [0.15, 0.2) is 0 Å². The maximum Gasteiger partial charge on any atom is 0.244 e. The van der Waals surface area contributed by atoms with Crippen molar-refractivity contribution in [1.29, 1.82) is 0 Å². The summed E-state index contributed by atoms with van der Waals surface area (Å²) < 4.78 is 2.99. The van der Waals surface area contributed by atoms with Crippen molar-refractivity contribution in [3.05, 3.63) is 45.6 Å². The van der Waals surface area contributed by atoms with Crippen LogP contribution in [-0.4, -0.2) is 21.5 Å². The van der Waals surface area contributed by atoms with E-state index >= 15 is 0 Å². The molecule has 0 spiro atoms. The summed E-state index contributed by atoms with van der Waals surface area (Å²) in [4.78, 5) is 15.7. The lowest BCUT2D eigenvalue weighted by atomic mass is 10.3. The molecule has 0 fully saturated rings. The number of nitrogens with one attached hydrogen (secondary N) is 1. The van der Waals surface area contributed by atoms with E-state index < -0.39 is 0 Å². The van der Waals surface area contributed by atoms with E-state index in [0.717, 1.165) is 9.35 Å². The number of thiophene rings is 1. The van der Waals surface area contributed by atoms with Gasteiger partial charge in [0.25, 0.3) is 0 Å². The molecule has 4 nitrogen and oxygen atoms in total. The van der Waals surface area contributed by atoms with Crippen LogP contribution in [0.3, 0.4) is 0 Å². The number of nitrogens with zero attached hydrogens (tertiary/aromatic N) is 2. The van der Waals surface area contributed by atoms with Gasteiger partial charge in [-0.1, -0.05) is 0 Å². The van der Waals surface area contributed by atoms with Crippen LogP contribution in [0, 0.1) is 0 Å². The monoisotopic (exact) mass is 339 g/mol. The Morgan fingerprint density at radius 1 is 1.68 bits per heavy atom. The summed E-state index contributed by atoms with van der Waals surface area (Å²) in [6.07, 6.45) is 8.70. The summed E-state index contributed by atoms with van der Waals surface area (Å²) >= 11 is 4.98. The Bertz CT molecular complexity index is 562. The molecular formula is C13H14BrN3OS. The Labute approximate surface area is 124 Å². The summed E-state index contributed by atoms with van der Waals surface area (Å²) in [5, 5.41) is 4.90. The Morgan fingerprint density at radius 2 is 2.53 bits per heavy atom. The molecule has 2 rings (SSSR count). The molecule has 0 aliphatic heterocycles. The molecule has 1 atom stereocenters. The fourth-order valence-corrected chi connectivity index (χ4v) is 2.77. The minimum Gasteiger partial charge on any atom is -0.348 e. The van der Waals surface area contributed by atoms with Gasteiger partial charge in [-0.15, -0.1) is 11.3 Å². The topological polar surface area (TPSA) is 46.9 Å². The van der Waals surface area contributed by atoms with Crippen LogP contribution in [0.25, 0.3) is 6.08 Å². The fourth-order valence-electron chi connectivity index (χ4n) is 1.63. The van der Waals surface area contributed by atoms with E-state index in [4.69, 9.17) is 0 Å². The number of rotatable bonds is 5. The number of aromatic nitrogens is 2. The van der Waals surface area contributed by atoms with E-state index in [2.05, 4.69) is 26.2 Å². The molecule has 0 saturated heterocycles. The maximum absolute atomic E-state index is 11.7. The lowest BCUT2D eigenvalue weighted by molar-refractivity contribution is -0.117. The van der Waals surface area contributed by atoms with Crippen LogP contribution in [0.5, 0.6) is 0 Å². The van der Waals surface area contributed by atoms with Crippen LogP contribution in [0.4, 0.5) is 0 Å². The highest BCUT2D eigenvalue weighted by Crippen LogP contribution is 2.21. The van der Waals surface area contributed by atoms with E-state index in [1.54, 1.807) is 36.0 Å². The molecule has 6 heteroatoms. The minimum absolute atomic E-state index is 0.0561. The largest absolute Gasteiger partial charge is 0.348 e. The number of amides is 1. The van der Waals surface area contributed by atoms with E-state index in [9.17, 15) is 4.79 Å². The van der Waals surface area contributed by atoms with Crippen LogP contribution in [0.15, 0.2) is 40.0 Å². The lowest BCUT2D eigenvalue weighted by Crippen LogP contribution is -2.34. The molecule has 0 aromatic carbocycles. The highest BCUT2D eigenvalue weighted by Gasteiger charge is 2.05. The second-order valence-corrected chi connectivity index (χ2v) is 6.48. The highest BCUT2D eigenvalue weighted by atomic mass is 79.9. The summed E-state index contributed by atoms with van der Waals surface area (Å²) in [6, 6.07) is 2.03. The van der Waals surface area contributed by atoms with Gasteiger partial charge in [0.05, 0.1) is 10.1 Å². The number of hydrogen-bond donors (Lipinski definition) is 1. The molecule has 0 saturated carbocycles. The summed E-state index contributed by atoms with van der Waals surface area (Å²) in [6.45, 7) is 2.68. The first-order chi connectivity index (χ1) is 9.13. The van der Waals surface area contributed by atoms with Crippen LogP contribution in [0.2, 0.25) is 0 Å². The molecule has 0 aliphatic carbocycles. The van der Waals surface area contributed by atoms with Crippen molar-refractivity contribution < 1.29 is 4.79 Å². The Morgan fingerprint density at radius 3 is 3.16 bits per heavy atom. The summed E-state index contributed by atoms with van der Waals surface area (Å²) in [5.74, 6) is -0.0880. The Hall–Kier alpha value is -1.40. The first-order valence-electron chi connectivity index (χ1n) is 5.82. The zero-order chi connectivity index (χ0) is 13.7. The first-order valence-corrected chi connectivity index (χ1v) is 7.49. The molecular weight excluding hydrogens is 326 g/mol. The second kappa shape index (κ2) is 6.68. The molecule has 1 amide bonds. The third-order valence-corrected chi connectivity index (χ3v) is 3.97. The van der Waals surface area contributed by atoms with Crippen LogP contribution >= 0.6 is 27.3 Å². The van der Waals surface area contributed by atoms with Gasteiger partial charge in [0.1, 0.15) is 0 Å². The smallest absolute Gasteiger partial charge is 0.244 e. The summed E-state index contributed by atoms with van der Waals surface area (Å²) in [7, 11) is 0. The maximum atomic E-state index is 11.7. The molecule has 0 radical (unpaired) electrons. The molecule has 2 aromatic heterocycles. The van der Waals surface area contributed by atoms with E-state index in [1.165, 1.54) is 0 Å². The van der Waals surface area contributed by atoms with Gasteiger partial charge in [0.2, 0.25) is 5.91 Å². The molecule has 2 aromatic rings. The molecule has 0 aliphatic rings. The molecule has 1 N–H and O–H groups in total. The standard InChI is InChI=1S/C13H14BrN3OS/c1-10(7-17-5-4-15-9-17)16-13(18)3-2-11-6-12(14)19-8-11/h2-6,8-10H,7H2,1H3,(H,16,18)/b3-2-/t10-/m0/s1.